The van der Waals surface area contributed by atoms with Crippen molar-refractivity contribution in [1.82, 2.24) is 9.38 Å². The molecule has 0 saturated carbocycles. The van der Waals surface area contributed by atoms with E-state index in [2.05, 4.69) is 10.1 Å². The van der Waals surface area contributed by atoms with Gasteiger partial charge < -0.3 is 5.21 Å². The number of nitrogens with zero attached hydrogens (tertiary/aromatic N) is 3. The summed E-state index contributed by atoms with van der Waals surface area (Å²) in [6, 6.07) is 3.60. The third-order valence-electron chi connectivity index (χ3n) is 2.25. The smallest absolute Gasteiger partial charge is 0.137 e. The van der Waals surface area contributed by atoms with Crippen LogP contribution in [-0.4, -0.2) is 20.3 Å². The van der Waals surface area contributed by atoms with Gasteiger partial charge in [-0.15, -0.1) is 0 Å². The number of halogens is 1. The zero-order valence-corrected chi connectivity index (χ0v) is 9.15. The normalized spacial score (nSPS) is 12.3. The van der Waals surface area contributed by atoms with Gasteiger partial charge in [0.05, 0.1) is 16.4 Å². The van der Waals surface area contributed by atoms with Gasteiger partial charge in [0.15, 0.2) is 0 Å². The van der Waals surface area contributed by atoms with Crippen LogP contribution in [0.4, 0.5) is 0 Å². The first kappa shape index (κ1) is 9.98. The predicted octanol–water partition coefficient (Wildman–Crippen LogP) is 2.49. The van der Waals surface area contributed by atoms with Crippen molar-refractivity contribution in [1.29, 1.82) is 0 Å². The summed E-state index contributed by atoms with van der Waals surface area (Å²) < 4.78 is 1.81. The van der Waals surface area contributed by atoms with Crippen LogP contribution in [0.15, 0.2) is 23.5 Å². The maximum absolute atomic E-state index is 8.77. The second kappa shape index (κ2) is 3.55. The number of pyridine rings is 1. The molecule has 0 spiro atoms. The molecule has 0 aliphatic carbocycles. The highest BCUT2D eigenvalue weighted by atomic mass is 35.5. The van der Waals surface area contributed by atoms with Crippen LogP contribution < -0.4 is 0 Å². The summed E-state index contributed by atoms with van der Waals surface area (Å²) in [5, 5.41) is 12.6. The van der Waals surface area contributed by atoms with Crippen molar-refractivity contribution in [3.05, 3.63) is 34.7 Å². The van der Waals surface area contributed by atoms with E-state index in [0.717, 1.165) is 17.0 Å². The number of aromatic nitrogens is 2. The molecule has 1 N–H and O–H groups in total. The Labute approximate surface area is 91.8 Å². The monoisotopic (exact) mass is 223 g/mol. The van der Waals surface area contributed by atoms with Crippen LogP contribution in [0.5, 0.6) is 0 Å². The lowest BCUT2D eigenvalue weighted by Gasteiger charge is -2.00. The molecule has 0 saturated heterocycles. The Balaban J connectivity index is 2.82. The lowest BCUT2D eigenvalue weighted by Crippen LogP contribution is -2.02. The Morgan fingerprint density at radius 3 is 2.93 bits per heavy atom. The molecule has 0 bridgehead atoms. The third kappa shape index (κ3) is 1.57. The third-order valence-corrected chi connectivity index (χ3v) is 2.47. The number of hydrogen-bond donors (Lipinski definition) is 1. The van der Waals surface area contributed by atoms with Crippen LogP contribution in [0.1, 0.15) is 18.3 Å². The molecule has 5 heteroatoms. The molecule has 0 unspecified atom stereocenters. The molecule has 15 heavy (non-hydrogen) atoms. The summed E-state index contributed by atoms with van der Waals surface area (Å²) in [5.74, 6) is 0. The Hall–Kier alpha value is -1.55. The Kier molecular flexibility index (Phi) is 2.36. The van der Waals surface area contributed by atoms with Crippen LogP contribution in [0.2, 0.25) is 5.02 Å². The van der Waals surface area contributed by atoms with Crippen molar-refractivity contribution in [2.24, 2.45) is 5.16 Å². The second-order valence-corrected chi connectivity index (χ2v) is 3.74. The molecule has 4 nitrogen and oxygen atoms in total. The summed E-state index contributed by atoms with van der Waals surface area (Å²) in [4.78, 5) is 4.34. The molecule has 2 rings (SSSR count). The highest BCUT2D eigenvalue weighted by molar-refractivity contribution is 6.30. The van der Waals surface area contributed by atoms with Crippen molar-refractivity contribution in [2.75, 3.05) is 0 Å². The van der Waals surface area contributed by atoms with Crippen LogP contribution in [-0.2, 0) is 0 Å². The zero-order valence-electron chi connectivity index (χ0n) is 8.40. The van der Waals surface area contributed by atoms with E-state index >= 15 is 0 Å². The second-order valence-electron chi connectivity index (χ2n) is 3.31. The average molecular weight is 224 g/mol. The predicted molar refractivity (Wildman–Crippen MR) is 58.9 cm³/mol. The molecule has 0 radical (unpaired) electrons. The molecule has 0 aliphatic rings. The fraction of sp³-hybridized carbons (Fsp3) is 0.200. The van der Waals surface area contributed by atoms with Gasteiger partial charge in [-0.3, -0.25) is 4.40 Å². The van der Waals surface area contributed by atoms with E-state index in [1.165, 1.54) is 0 Å². The SMILES string of the molecule is C/C(=N/O)c1c(C)nc2ccc(Cl)cn12. The van der Waals surface area contributed by atoms with Gasteiger partial charge in [-0.2, -0.15) is 0 Å². The van der Waals surface area contributed by atoms with Crippen molar-refractivity contribution in [3.8, 4) is 0 Å². The van der Waals surface area contributed by atoms with Gasteiger partial charge in [-0.25, -0.2) is 4.98 Å². The van der Waals surface area contributed by atoms with Gasteiger partial charge >= 0.3 is 0 Å². The quantitative estimate of drug-likeness (QED) is 0.459. The van der Waals surface area contributed by atoms with E-state index in [9.17, 15) is 0 Å². The molecular weight excluding hydrogens is 214 g/mol. The van der Waals surface area contributed by atoms with E-state index in [-0.39, 0.29) is 0 Å². The molecule has 78 valence electrons. The van der Waals surface area contributed by atoms with E-state index in [1.807, 2.05) is 17.4 Å². The maximum atomic E-state index is 8.77. The number of fused-ring (bicyclic) bond motifs is 1. The van der Waals surface area contributed by atoms with Crippen LogP contribution in [0, 0.1) is 6.92 Å². The zero-order chi connectivity index (χ0) is 11.0. The Bertz CT molecular complexity index is 545. The Morgan fingerprint density at radius 1 is 1.53 bits per heavy atom. The van der Waals surface area contributed by atoms with Crippen molar-refractivity contribution >= 4 is 23.0 Å². The van der Waals surface area contributed by atoms with Crippen molar-refractivity contribution in [2.45, 2.75) is 13.8 Å². The Morgan fingerprint density at radius 2 is 2.27 bits per heavy atom. The number of rotatable bonds is 1. The van der Waals surface area contributed by atoms with E-state index < -0.39 is 0 Å². The highest BCUT2D eigenvalue weighted by Crippen LogP contribution is 2.16. The minimum atomic E-state index is 0.516. The van der Waals surface area contributed by atoms with Gasteiger partial charge in [0.25, 0.3) is 0 Å². The molecule has 0 amide bonds. The van der Waals surface area contributed by atoms with E-state index in [1.54, 1.807) is 19.2 Å². The van der Waals surface area contributed by atoms with E-state index in [4.69, 9.17) is 16.8 Å². The molecule has 0 aromatic carbocycles. The molecule has 2 aromatic heterocycles. The standard InChI is InChI=1S/C10H10ClN3O/c1-6-10(7(2)13-15)14-5-8(11)3-4-9(14)12-6/h3-5,15H,1-2H3/b13-7-. The number of oxime groups is 1. The fourth-order valence-electron chi connectivity index (χ4n) is 1.62. The van der Waals surface area contributed by atoms with Gasteiger partial charge in [-0.05, 0) is 26.0 Å². The molecule has 0 aliphatic heterocycles. The van der Waals surface area contributed by atoms with Gasteiger partial charge in [0, 0.05) is 6.20 Å². The van der Waals surface area contributed by atoms with Crippen LogP contribution >= 0.6 is 11.6 Å². The first-order chi connectivity index (χ1) is 7.13. The first-order valence-corrected chi connectivity index (χ1v) is 4.84. The molecule has 0 fully saturated rings. The van der Waals surface area contributed by atoms with Gasteiger partial charge in [0.2, 0.25) is 0 Å². The van der Waals surface area contributed by atoms with Gasteiger partial charge in [-0.1, -0.05) is 16.8 Å². The lowest BCUT2D eigenvalue weighted by molar-refractivity contribution is 0.319. The summed E-state index contributed by atoms with van der Waals surface area (Å²) in [5.41, 5.74) is 2.89. The summed E-state index contributed by atoms with van der Waals surface area (Å²) in [6.07, 6.45) is 1.75. The topological polar surface area (TPSA) is 49.9 Å². The lowest BCUT2D eigenvalue weighted by atomic mass is 10.2. The fourth-order valence-corrected chi connectivity index (χ4v) is 1.78. The minimum absolute atomic E-state index is 0.516. The number of imidazole rings is 1. The van der Waals surface area contributed by atoms with Crippen LogP contribution in [0.25, 0.3) is 5.65 Å². The number of hydrogen-bond acceptors (Lipinski definition) is 3. The number of aryl methyl sites for hydroxylation is 1. The average Bonchev–Trinajstić information content (AvgIpc) is 2.52. The molecule has 0 atom stereocenters. The van der Waals surface area contributed by atoms with Crippen molar-refractivity contribution in [3.63, 3.8) is 0 Å². The minimum Gasteiger partial charge on any atom is -0.411 e. The summed E-state index contributed by atoms with van der Waals surface area (Å²) >= 11 is 5.90. The van der Waals surface area contributed by atoms with Crippen LogP contribution in [0.3, 0.4) is 0 Å². The summed E-state index contributed by atoms with van der Waals surface area (Å²) in [7, 11) is 0. The van der Waals surface area contributed by atoms with Crippen molar-refractivity contribution < 1.29 is 5.21 Å². The summed E-state index contributed by atoms with van der Waals surface area (Å²) in [6.45, 7) is 3.59. The molecule has 2 aromatic rings. The highest BCUT2D eigenvalue weighted by Gasteiger charge is 2.11. The first-order valence-electron chi connectivity index (χ1n) is 4.46. The largest absolute Gasteiger partial charge is 0.411 e. The molecular formula is C10H10ClN3O. The maximum Gasteiger partial charge on any atom is 0.137 e. The van der Waals surface area contributed by atoms with E-state index in [0.29, 0.717) is 10.7 Å². The van der Waals surface area contributed by atoms with Gasteiger partial charge in [0.1, 0.15) is 11.4 Å². The molecule has 2 heterocycles.